The van der Waals surface area contributed by atoms with E-state index in [4.69, 9.17) is 23.2 Å². The number of fused-ring (bicyclic) bond motifs is 1. The molecule has 0 radical (unpaired) electrons. The van der Waals surface area contributed by atoms with Crippen LogP contribution < -0.4 is 5.32 Å². The van der Waals surface area contributed by atoms with Crippen molar-refractivity contribution in [2.45, 2.75) is 58.5 Å². The molecule has 3 nitrogen and oxygen atoms in total. The second-order valence-electron chi connectivity index (χ2n) is 9.48. The molecule has 0 aliphatic heterocycles. The quantitative estimate of drug-likeness (QED) is 0.251. The summed E-state index contributed by atoms with van der Waals surface area (Å²) < 4.78 is 1.97. The van der Waals surface area contributed by atoms with Crippen LogP contribution in [0.2, 0.25) is 0 Å². The summed E-state index contributed by atoms with van der Waals surface area (Å²) in [5.74, 6) is -0.122. The lowest BCUT2D eigenvalue weighted by molar-refractivity contribution is 0.0942. The minimum Gasteiger partial charge on any atom is -0.347 e. The summed E-state index contributed by atoms with van der Waals surface area (Å²) in [4.78, 5) is 13.0. The Balaban J connectivity index is 0.000000784. The van der Waals surface area contributed by atoms with Gasteiger partial charge >= 0.3 is 0 Å². The van der Waals surface area contributed by atoms with Crippen molar-refractivity contribution in [1.82, 2.24) is 9.88 Å². The molecule has 0 saturated carbocycles. The van der Waals surface area contributed by atoms with Crippen molar-refractivity contribution in [2.75, 3.05) is 0 Å². The average Bonchev–Trinajstić information content (AvgIpc) is 3.20. The van der Waals surface area contributed by atoms with Gasteiger partial charge in [0.1, 0.15) is 5.69 Å². The largest absolute Gasteiger partial charge is 0.347 e. The molecule has 3 rings (SSSR count). The van der Waals surface area contributed by atoms with Crippen LogP contribution in [0.5, 0.6) is 0 Å². The second-order valence-corrected chi connectivity index (χ2v) is 10.5. The Hall–Kier alpha value is -2.75. The summed E-state index contributed by atoms with van der Waals surface area (Å²) in [5.41, 5.74) is 4.81. The van der Waals surface area contributed by atoms with E-state index in [2.05, 4.69) is 63.5 Å². The third-order valence-corrected chi connectivity index (χ3v) is 6.38. The molecule has 1 unspecified atom stereocenters. The maximum atomic E-state index is 13.0. The smallest absolute Gasteiger partial charge is 0.268 e. The van der Waals surface area contributed by atoms with Gasteiger partial charge in [-0.25, -0.2) is 0 Å². The van der Waals surface area contributed by atoms with E-state index in [1.54, 1.807) is 6.08 Å². The summed E-state index contributed by atoms with van der Waals surface area (Å²) >= 11 is 11.6. The van der Waals surface area contributed by atoms with Crippen molar-refractivity contribution < 1.29 is 4.79 Å². The molecule has 1 atom stereocenters. The van der Waals surface area contributed by atoms with Gasteiger partial charge in [-0.1, -0.05) is 93.6 Å². The van der Waals surface area contributed by atoms with Crippen molar-refractivity contribution >= 4 is 40.0 Å². The van der Waals surface area contributed by atoms with Gasteiger partial charge in [-0.2, -0.15) is 0 Å². The highest BCUT2D eigenvalue weighted by atomic mass is 35.5. The normalized spacial score (nSPS) is 12.5. The Kier molecular flexibility index (Phi) is 10.4. The van der Waals surface area contributed by atoms with Crippen LogP contribution in [0.15, 0.2) is 90.5 Å². The van der Waals surface area contributed by atoms with Crippen LogP contribution in [0.1, 0.15) is 56.2 Å². The Morgan fingerprint density at radius 3 is 2.29 bits per heavy atom. The first-order valence-electron chi connectivity index (χ1n) is 11.7. The van der Waals surface area contributed by atoms with E-state index in [0.29, 0.717) is 18.8 Å². The number of amides is 1. The third-order valence-electron chi connectivity index (χ3n) is 5.67. The summed E-state index contributed by atoms with van der Waals surface area (Å²) in [7, 11) is 0. The first kappa shape index (κ1) is 28.5. The van der Waals surface area contributed by atoms with Gasteiger partial charge in [-0.15, -0.1) is 18.2 Å². The third kappa shape index (κ3) is 8.16. The molecule has 1 amide bonds. The van der Waals surface area contributed by atoms with Crippen molar-refractivity contribution in [1.29, 1.82) is 0 Å². The molecule has 0 saturated heterocycles. The van der Waals surface area contributed by atoms with Crippen LogP contribution in [-0.4, -0.2) is 15.9 Å². The van der Waals surface area contributed by atoms with Crippen LogP contribution in [-0.2, 0) is 18.5 Å². The number of nitrogens with one attached hydrogen (secondary N) is 1. The van der Waals surface area contributed by atoms with E-state index in [9.17, 15) is 4.79 Å². The van der Waals surface area contributed by atoms with Crippen LogP contribution in [0, 0.1) is 0 Å². The van der Waals surface area contributed by atoms with Crippen LogP contribution in [0.4, 0.5) is 0 Å². The maximum absolute atomic E-state index is 13.0. The highest BCUT2D eigenvalue weighted by Gasteiger charge is 2.18. The van der Waals surface area contributed by atoms with Crippen LogP contribution in [0.3, 0.4) is 0 Å². The molecule has 0 aliphatic rings. The Bertz CT molecular complexity index is 1190. The summed E-state index contributed by atoms with van der Waals surface area (Å²) in [6.07, 6.45) is 3.50. The number of para-hydroxylation sites is 1. The summed E-state index contributed by atoms with van der Waals surface area (Å²) in [5, 5.41) is 4.57. The minimum atomic E-state index is -0.344. The van der Waals surface area contributed by atoms with Gasteiger partial charge in [-0.3, -0.25) is 4.79 Å². The molecule has 5 heteroatoms. The first-order chi connectivity index (χ1) is 16.5. The zero-order chi connectivity index (χ0) is 26.2. The fraction of sp³-hybridized carbons (Fsp3) is 0.300. The van der Waals surface area contributed by atoms with Crippen molar-refractivity contribution in [2.24, 2.45) is 0 Å². The number of alkyl halides is 1. The minimum absolute atomic E-state index is 0.108. The van der Waals surface area contributed by atoms with Gasteiger partial charge in [0.25, 0.3) is 5.91 Å². The number of hydrogen-bond acceptors (Lipinski definition) is 1. The van der Waals surface area contributed by atoms with Crippen molar-refractivity contribution in [3.8, 4) is 0 Å². The number of carbonyl (C=O) groups is 1. The molecular weight excluding hydrogens is 475 g/mol. The highest BCUT2D eigenvalue weighted by molar-refractivity contribution is 6.29. The number of nitrogens with zero attached hydrogens (tertiary/aromatic N) is 1. The number of rotatable bonds is 7. The van der Waals surface area contributed by atoms with Gasteiger partial charge in [0, 0.05) is 29.0 Å². The maximum Gasteiger partial charge on any atom is 0.268 e. The highest BCUT2D eigenvalue weighted by Crippen LogP contribution is 2.24. The van der Waals surface area contributed by atoms with Crippen molar-refractivity contribution in [3.63, 3.8) is 0 Å². The monoisotopic (exact) mass is 510 g/mol. The van der Waals surface area contributed by atoms with E-state index in [0.717, 1.165) is 27.1 Å². The van der Waals surface area contributed by atoms with Crippen LogP contribution >= 0.6 is 23.2 Å². The molecule has 0 fully saturated rings. The summed E-state index contributed by atoms with van der Waals surface area (Å²) in [6, 6.07) is 18.2. The van der Waals surface area contributed by atoms with Crippen LogP contribution in [0.25, 0.3) is 10.9 Å². The lowest BCUT2D eigenvalue weighted by Crippen LogP contribution is -2.26. The lowest BCUT2D eigenvalue weighted by Gasteiger charge is -2.19. The van der Waals surface area contributed by atoms with Gasteiger partial charge in [0.15, 0.2) is 0 Å². The number of allylic oxidation sites excluding steroid dienone is 4. The Morgan fingerprint density at radius 2 is 1.74 bits per heavy atom. The fourth-order valence-corrected chi connectivity index (χ4v) is 3.49. The molecule has 0 aliphatic carbocycles. The van der Waals surface area contributed by atoms with Gasteiger partial charge < -0.3 is 9.88 Å². The van der Waals surface area contributed by atoms with E-state index in [1.165, 1.54) is 5.56 Å². The molecule has 0 bridgehead atoms. The van der Waals surface area contributed by atoms with Crippen molar-refractivity contribution in [3.05, 3.63) is 107 Å². The standard InChI is InChI=1S/C26H29ClN2O.C4H7Cl/c1-6-22(27)18(2)17-29-23-10-8-7-9-20(23)15-24(29)25(30)28-16-19-11-13-21(14-12-19)26(3,4)5;1-3-4(2)5/h6-15,22H,1-2,16-17H2,3-5H3,(H,28,30);3H,1-2H3/b;4-3+. The topological polar surface area (TPSA) is 34.0 Å². The SMILES string of the molecule is C/C=C(\C)Cl.C=CC(Cl)C(=C)Cn1c(C(=O)NCc2ccc(C(C)(C)C)cc2)cc2ccccc21. The van der Waals surface area contributed by atoms with E-state index >= 15 is 0 Å². The molecule has 3 aromatic rings. The molecular formula is C30H36Cl2N2O. The molecule has 186 valence electrons. The van der Waals surface area contributed by atoms with E-state index in [1.807, 2.05) is 54.8 Å². The van der Waals surface area contributed by atoms with E-state index < -0.39 is 0 Å². The number of carbonyl (C=O) groups excluding carboxylic acids is 1. The van der Waals surface area contributed by atoms with Gasteiger partial charge in [0.05, 0.1) is 5.38 Å². The van der Waals surface area contributed by atoms with Gasteiger partial charge in [0.2, 0.25) is 0 Å². The number of benzene rings is 2. The zero-order valence-corrected chi connectivity index (χ0v) is 22.9. The summed E-state index contributed by atoms with van der Waals surface area (Å²) in [6.45, 7) is 19.1. The predicted octanol–water partition coefficient (Wildman–Crippen LogP) is 8.37. The second kappa shape index (κ2) is 12.8. The Labute approximate surface area is 220 Å². The molecule has 0 spiro atoms. The number of hydrogen-bond donors (Lipinski definition) is 1. The average molecular weight is 512 g/mol. The molecule has 1 N–H and O–H groups in total. The predicted molar refractivity (Wildman–Crippen MR) is 153 cm³/mol. The first-order valence-corrected chi connectivity index (χ1v) is 12.5. The molecule has 35 heavy (non-hydrogen) atoms. The number of aromatic nitrogens is 1. The molecule has 2 aromatic carbocycles. The fourth-order valence-electron chi connectivity index (χ4n) is 3.42. The molecule has 1 heterocycles. The lowest BCUT2D eigenvalue weighted by atomic mass is 9.87. The number of halogens is 2. The Morgan fingerprint density at radius 1 is 1.14 bits per heavy atom. The molecule has 1 aromatic heterocycles. The van der Waals surface area contributed by atoms with E-state index in [-0.39, 0.29) is 16.7 Å². The zero-order valence-electron chi connectivity index (χ0n) is 21.4. The van der Waals surface area contributed by atoms with Gasteiger partial charge in [-0.05, 0) is 48.1 Å².